The molecule has 4 N–H and O–H groups in total. The van der Waals surface area contributed by atoms with Gasteiger partial charge in [-0.3, -0.25) is 4.79 Å². The van der Waals surface area contributed by atoms with Crippen LogP contribution in [0.3, 0.4) is 0 Å². The maximum atomic E-state index is 12.3. The van der Waals surface area contributed by atoms with Gasteiger partial charge in [-0.2, -0.15) is 0 Å². The number of hydrogen-bond donors (Lipinski definition) is 4. The van der Waals surface area contributed by atoms with Crippen LogP contribution in [0.1, 0.15) is 187 Å². The Labute approximate surface area is 255 Å². The number of aliphatic hydroxyl groups is 3. The Bertz CT molecular complexity index is 568. The van der Waals surface area contributed by atoms with Crippen molar-refractivity contribution in [3.63, 3.8) is 0 Å². The minimum absolute atomic E-state index is 0.0279. The highest BCUT2D eigenvalue weighted by atomic mass is 16.3. The van der Waals surface area contributed by atoms with Gasteiger partial charge < -0.3 is 20.6 Å². The highest BCUT2D eigenvalue weighted by Gasteiger charge is 2.21. The first-order valence-corrected chi connectivity index (χ1v) is 18.0. The van der Waals surface area contributed by atoms with E-state index in [9.17, 15) is 20.1 Å². The number of carbonyl (C=O) groups is 1. The van der Waals surface area contributed by atoms with E-state index in [1.807, 2.05) is 0 Å². The van der Waals surface area contributed by atoms with Crippen molar-refractivity contribution in [2.75, 3.05) is 6.61 Å². The van der Waals surface area contributed by atoms with E-state index in [0.717, 1.165) is 38.5 Å². The van der Waals surface area contributed by atoms with Gasteiger partial charge in [0.2, 0.25) is 5.91 Å². The lowest BCUT2D eigenvalue weighted by Gasteiger charge is -2.23. The Hall–Kier alpha value is -0.910. The molecule has 0 heterocycles. The zero-order chi connectivity index (χ0) is 30.2. The van der Waals surface area contributed by atoms with E-state index in [2.05, 4.69) is 31.3 Å². The van der Waals surface area contributed by atoms with E-state index >= 15 is 0 Å². The third-order valence-corrected chi connectivity index (χ3v) is 8.33. The van der Waals surface area contributed by atoms with Crippen molar-refractivity contribution in [1.82, 2.24) is 5.32 Å². The molecule has 0 aromatic heterocycles. The summed E-state index contributed by atoms with van der Waals surface area (Å²) in [4.78, 5) is 12.3. The molecule has 0 saturated carbocycles. The first-order valence-electron chi connectivity index (χ1n) is 18.0. The number of hydrogen-bond acceptors (Lipinski definition) is 4. The average Bonchev–Trinajstić information content (AvgIpc) is 2.96. The van der Waals surface area contributed by atoms with Crippen LogP contribution in [0.15, 0.2) is 12.2 Å². The standard InChI is InChI=1S/C36H71NO4/c1-3-5-7-9-11-13-15-17-18-19-21-23-25-27-29-33(39)31-36(41)37-34(32-38)35(40)30-28-26-24-22-20-16-14-12-10-8-6-4-2/h18-19,33-35,38-40H,3-17,20-32H2,1-2H3,(H,37,41)/b19-18-. The van der Waals surface area contributed by atoms with Crippen LogP contribution in [0, 0.1) is 0 Å². The SMILES string of the molecule is CCCCCCCCC/C=C\CCCCCC(O)CC(=O)NC(CO)C(O)CCCCCCCCCCCCCC. The minimum atomic E-state index is -0.747. The molecule has 3 atom stereocenters. The van der Waals surface area contributed by atoms with E-state index in [1.165, 1.54) is 116 Å². The molecule has 0 bridgehead atoms. The fraction of sp³-hybridized carbons (Fsp3) is 0.917. The zero-order valence-corrected chi connectivity index (χ0v) is 27.4. The van der Waals surface area contributed by atoms with Crippen LogP contribution in [0.4, 0.5) is 0 Å². The van der Waals surface area contributed by atoms with Crippen LogP contribution in [0.25, 0.3) is 0 Å². The van der Waals surface area contributed by atoms with Crippen LogP contribution in [-0.2, 0) is 4.79 Å². The second-order valence-electron chi connectivity index (χ2n) is 12.5. The number of amides is 1. The Morgan fingerprint density at radius 1 is 0.585 bits per heavy atom. The van der Waals surface area contributed by atoms with Gasteiger partial charge in [0.15, 0.2) is 0 Å². The second-order valence-corrected chi connectivity index (χ2v) is 12.5. The fourth-order valence-electron chi connectivity index (χ4n) is 5.51. The third-order valence-electron chi connectivity index (χ3n) is 8.33. The molecule has 5 heteroatoms. The maximum absolute atomic E-state index is 12.3. The van der Waals surface area contributed by atoms with Gasteiger partial charge in [-0.1, -0.05) is 154 Å². The summed E-state index contributed by atoms with van der Waals surface area (Å²) in [6.45, 7) is 4.23. The molecule has 0 aliphatic rings. The monoisotopic (exact) mass is 582 g/mol. The minimum Gasteiger partial charge on any atom is -0.394 e. The predicted molar refractivity (Wildman–Crippen MR) is 176 cm³/mol. The van der Waals surface area contributed by atoms with E-state index in [-0.39, 0.29) is 18.9 Å². The van der Waals surface area contributed by atoms with Crippen LogP contribution in [0.5, 0.6) is 0 Å². The summed E-state index contributed by atoms with van der Waals surface area (Å²) < 4.78 is 0. The lowest BCUT2D eigenvalue weighted by atomic mass is 10.0. The van der Waals surface area contributed by atoms with Gasteiger partial charge in [-0.15, -0.1) is 0 Å². The third kappa shape index (κ3) is 29.0. The Balaban J connectivity index is 3.71. The van der Waals surface area contributed by atoms with Gasteiger partial charge in [0.25, 0.3) is 0 Å². The highest BCUT2D eigenvalue weighted by Crippen LogP contribution is 2.15. The zero-order valence-electron chi connectivity index (χ0n) is 27.4. The quantitative estimate of drug-likeness (QED) is 0.0471. The van der Waals surface area contributed by atoms with E-state index in [1.54, 1.807) is 0 Å². The second kappa shape index (κ2) is 32.0. The average molecular weight is 582 g/mol. The lowest BCUT2D eigenvalue weighted by Crippen LogP contribution is -2.46. The molecule has 0 aliphatic carbocycles. The Morgan fingerprint density at radius 3 is 1.44 bits per heavy atom. The molecular weight excluding hydrogens is 510 g/mol. The number of rotatable bonds is 32. The van der Waals surface area contributed by atoms with Gasteiger partial charge in [0.1, 0.15) is 0 Å². The van der Waals surface area contributed by atoms with Gasteiger partial charge in [-0.25, -0.2) is 0 Å². The van der Waals surface area contributed by atoms with Crippen LogP contribution in [-0.4, -0.2) is 46.1 Å². The van der Waals surface area contributed by atoms with E-state index in [4.69, 9.17) is 0 Å². The highest BCUT2D eigenvalue weighted by molar-refractivity contribution is 5.76. The van der Waals surface area contributed by atoms with Crippen molar-refractivity contribution in [3.05, 3.63) is 12.2 Å². The molecule has 1 amide bonds. The fourth-order valence-corrected chi connectivity index (χ4v) is 5.51. The predicted octanol–water partition coefficient (Wildman–Crippen LogP) is 9.31. The molecule has 0 radical (unpaired) electrons. The Kier molecular flexibility index (Phi) is 31.3. The molecule has 244 valence electrons. The van der Waals surface area contributed by atoms with Crippen molar-refractivity contribution in [3.8, 4) is 0 Å². The first-order chi connectivity index (χ1) is 20.0. The summed E-state index contributed by atoms with van der Waals surface area (Å²) in [7, 11) is 0. The molecular formula is C36H71NO4. The molecule has 0 fully saturated rings. The van der Waals surface area contributed by atoms with Gasteiger partial charge in [0, 0.05) is 0 Å². The van der Waals surface area contributed by atoms with Crippen LogP contribution < -0.4 is 5.32 Å². The van der Waals surface area contributed by atoms with E-state index < -0.39 is 18.2 Å². The summed E-state index contributed by atoms with van der Waals surface area (Å²) in [5.41, 5.74) is 0. The molecule has 0 saturated heterocycles. The molecule has 0 rings (SSSR count). The van der Waals surface area contributed by atoms with Gasteiger partial charge in [-0.05, 0) is 38.5 Å². The molecule has 3 unspecified atom stereocenters. The number of carbonyl (C=O) groups excluding carboxylic acids is 1. The van der Waals surface area contributed by atoms with Gasteiger partial charge in [0.05, 0.1) is 31.3 Å². The maximum Gasteiger partial charge on any atom is 0.222 e. The topological polar surface area (TPSA) is 89.8 Å². The van der Waals surface area contributed by atoms with Crippen molar-refractivity contribution in [2.24, 2.45) is 0 Å². The van der Waals surface area contributed by atoms with Crippen molar-refractivity contribution in [2.45, 2.75) is 205 Å². The molecule has 41 heavy (non-hydrogen) atoms. The van der Waals surface area contributed by atoms with Crippen molar-refractivity contribution >= 4 is 5.91 Å². The summed E-state index contributed by atoms with van der Waals surface area (Å²) >= 11 is 0. The Morgan fingerprint density at radius 2 is 0.976 bits per heavy atom. The summed E-state index contributed by atoms with van der Waals surface area (Å²) in [5, 5.41) is 33.1. The molecule has 5 nitrogen and oxygen atoms in total. The number of aliphatic hydroxyl groups excluding tert-OH is 3. The number of unbranched alkanes of at least 4 members (excludes halogenated alkanes) is 21. The molecule has 0 aromatic rings. The molecule has 0 spiro atoms. The summed E-state index contributed by atoms with van der Waals surface area (Å²) in [6, 6.07) is -0.657. The van der Waals surface area contributed by atoms with Crippen LogP contribution >= 0.6 is 0 Å². The van der Waals surface area contributed by atoms with Crippen molar-refractivity contribution in [1.29, 1.82) is 0 Å². The normalized spacial score (nSPS) is 14.0. The lowest BCUT2D eigenvalue weighted by molar-refractivity contribution is -0.125. The first kappa shape index (κ1) is 40.1. The molecule has 0 aromatic carbocycles. The number of nitrogens with one attached hydrogen (secondary N) is 1. The molecule has 0 aliphatic heterocycles. The van der Waals surface area contributed by atoms with E-state index in [0.29, 0.717) is 12.8 Å². The summed E-state index contributed by atoms with van der Waals surface area (Å²) in [6.07, 6.45) is 34.4. The van der Waals surface area contributed by atoms with Crippen molar-refractivity contribution < 1.29 is 20.1 Å². The summed E-state index contributed by atoms with van der Waals surface area (Å²) in [5.74, 6) is -0.293. The van der Waals surface area contributed by atoms with Crippen LogP contribution in [0.2, 0.25) is 0 Å². The number of allylic oxidation sites excluding steroid dienone is 2. The smallest absolute Gasteiger partial charge is 0.222 e. The van der Waals surface area contributed by atoms with Gasteiger partial charge >= 0.3 is 0 Å². The largest absolute Gasteiger partial charge is 0.394 e.